The topological polar surface area (TPSA) is 41.3 Å². The Morgan fingerprint density at radius 1 is 1.25 bits per heavy atom. The molecule has 0 heterocycles. The SMILES string of the molecule is CC1CCC(C(NN)c2ccc(Cl)cc2)(N(C)C)CC1. The first-order valence-electron chi connectivity index (χ1n) is 7.38. The van der Waals surface area contributed by atoms with Crippen LogP contribution in [0.15, 0.2) is 24.3 Å². The van der Waals surface area contributed by atoms with Crippen molar-refractivity contribution in [2.24, 2.45) is 11.8 Å². The van der Waals surface area contributed by atoms with E-state index in [2.05, 4.69) is 43.5 Å². The quantitative estimate of drug-likeness (QED) is 0.661. The normalized spacial score (nSPS) is 28.6. The first kappa shape index (κ1) is 15.8. The number of hydrogen-bond donors (Lipinski definition) is 2. The Morgan fingerprint density at radius 3 is 2.25 bits per heavy atom. The molecule has 3 nitrogen and oxygen atoms in total. The first-order chi connectivity index (χ1) is 9.49. The van der Waals surface area contributed by atoms with E-state index in [1.165, 1.54) is 31.2 Å². The molecule has 2 rings (SSSR count). The molecule has 0 radical (unpaired) electrons. The molecular formula is C16H26ClN3. The second-order valence-electron chi connectivity index (χ2n) is 6.33. The Kier molecular flexibility index (Phi) is 5.08. The summed E-state index contributed by atoms with van der Waals surface area (Å²) in [5.74, 6) is 6.73. The Hall–Kier alpha value is -0.610. The highest BCUT2D eigenvalue weighted by molar-refractivity contribution is 6.30. The van der Waals surface area contributed by atoms with E-state index in [1.807, 2.05) is 12.1 Å². The maximum atomic E-state index is 6.00. The monoisotopic (exact) mass is 295 g/mol. The Bertz CT molecular complexity index is 422. The third-order valence-corrected chi connectivity index (χ3v) is 5.19. The maximum Gasteiger partial charge on any atom is 0.0643 e. The van der Waals surface area contributed by atoms with Crippen molar-refractivity contribution >= 4 is 11.6 Å². The molecule has 1 atom stereocenters. The van der Waals surface area contributed by atoms with E-state index in [0.717, 1.165) is 10.9 Å². The summed E-state index contributed by atoms with van der Waals surface area (Å²) in [5, 5.41) is 0.765. The number of nitrogens with two attached hydrogens (primary N) is 1. The molecule has 0 aliphatic heterocycles. The summed E-state index contributed by atoms with van der Waals surface area (Å²) in [4.78, 5) is 2.35. The van der Waals surface area contributed by atoms with Crippen LogP contribution >= 0.6 is 11.6 Å². The second-order valence-corrected chi connectivity index (χ2v) is 6.77. The Morgan fingerprint density at radius 2 is 1.80 bits per heavy atom. The van der Waals surface area contributed by atoms with E-state index < -0.39 is 0 Å². The molecule has 1 fully saturated rings. The minimum Gasteiger partial charge on any atom is -0.302 e. The lowest BCUT2D eigenvalue weighted by atomic mass is 9.70. The van der Waals surface area contributed by atoms with Gasteiger partial charge in [0.1, 0.15) is 0 Å². The van der Waals surface area contributed by atoms with E-state index in [0.29, 0.717) is 0 Å². The molecule has 112 valence electrons. The lowest BCUT2D eigenvalue weighted by Gasteiger charge is -2.49. The first-order valence-corrected chi connectivity index (χ1v) is 7.76. The fraction of sp³-hybridized carbons (Fsp3) is 0.625. The van der Waals surface area contributed by atoms with Crippen LogP contribution in [0.4, 0.5) is 0 Å². The fourth-order valence-corrected chi connectivity index (χ4v) is 3.60. The lowest BCUT2D eigenvalue weighted by Crippen LogP contribution is -2.56. The summed E-state index contributed by atoms with van der Waals surface area (Å²) in [6, 6.07) is 8.17. The number of nitrogens with zero attached hydrogens (tertiary/aromatic N) is 1. The van der Waals surface area contributed by atoms with Gasteiger partial charge in [-0.05, 0) is 63.4 Å². The molecule has 1 saturated carbocycles. The molecule has 1 unspecified atom stereocenters. The van der Waals surface area contributed by atoms with E-state index in [9.17, 15) is 0 Å². The van der Waals surface area contributed by atoms with Crippen LogP contribution in [0.2, 0.25) is 5.02 Å². The van der Waals surface area contributed by atoms with Crippen LogP contribution < -0.4 is 11.3 Å². The van der Waals surface area contributed by atoms with Gasteiger partial charge in [0.15, 0.2) is 0 Å². The number of halogens is 1. The van der Waals surface area contributed by atoms with Gasteiger partial charge in [0, 0.05) is 10.6 Å². The van der Waals surface area contributed by atoms with Gasteiger partial charge < -0.3 is 4.90 Å². The molecule has 0 saturated heterocycles. The molecule has 4 heteroatoms. The number of benzene rings is 1. The lowest BCUT2D eigenvalue weighted by molar-refractivity contribution is 0.0428. The molecular weight excluding hydrogens is 270 g/mol. The van der Waals surface area contributed by atoms with Crippen molar-refractivity contribution < 1.29 is 0 Å². The van der Waals surface area contributed by atoms with Crippen LogP contribution in [-0.4, -0.2) is 24.5 Å². The molecule has 0 aromatic heterocycles. The van der Waals surface area contributed by atoms with Crippen LogP contribution in [-0.2, 0) is 0 Å². The summed E-state index contributed by atoms with van der Waals surface area (Å²) in [6.07, 6.45) is 4.84. The van der Waals surface area contributed by atoms with Gasteiger partial charge in [0.2, 0.25) is 0 Å². The maximum absolute atomic E-state index is 6.00. The summed E-state index contributed by atoms with van der Waals surface area (Å²) < 4.78 is 0. The van der Waals surface area contributed by atoms with Gasteiger partial charge in [-0.2, -0.15) is 0 Å². The number of hydrogen-bond acceptors (Lipinski definition) is 3. The zero-order chi connectivity index (χ0) is 14.8. The molecule has 3 N–H and O–H groups in total. The van der Waals surface area contributed by atoms with Crippen molar-refractivity contribution in [3.05, 3.63) is 34.9 Å². The minimum atomic E-state index is 0.0785. The van der Waals surface area contributed by atoms with E-state index in [1.54, 1.807) is 0 Å². The third-order valence-electron chi connectivity index (χ3n) is 4.94. The number of hydrazine groups is 1. The zero-order valence-corrected chi connectivity index (χ0v) is 13.5. The van der Waals surface area contributed by atoms with Crippen LogP contribution in [0.1, 0.15) is 44.2 Å². The number of likely N-dealkylation sites (N-methyl/N-ethyl adjacent to an activating group) is 1. The number of rotatable bonds is 4. The average molecular weight is 296 g/mol. The van der Waals surface area contributed by atoms with E-state index >= 15 is 0 Å². The van der Waals surface area contributed by atoms with Gasteiger partial charge in [-0.15, -0.1) is 0 Å². The largest absolute Gasteiger partial charge is 0.302 e. The van der Waals surface area contributed by atoms with Crippen LogP contribution in [0, 0.1) is 5.92 Å². The highest BCUT2D eigenvalue weighted by Gasteiger charge is 2.43. The van der Waals surface area contributed by atoms with Crippen molar-refractivity contribution in [1.82, 2.24) is 10.3 Å². The molecule has 1 aromatic rings. The van der Waals surface area contributed by atoms with Crippen molar-refractivity contribution in [1.29, 1.82) is 0 Å². The minimum absolute atomic E-state index is 0.0785. The molecule has 1 aliphatic carbocycles. The summed E-state index contributed by atoms with van der Waals surface area (Å²) in [5.41, 5.74) is 4.35. The highest BCUT2D eigenvalue weighted by Crippen LogP contribution is 2.43. The average Bonchev–Trinajstić information content (AvgIpc) is 2.43. The highest BCUT2D eigenvalue weighted by atomic mass is 35.5. The van der Waals surface area contributed by atoms with Gasteiger partial charge in [0.05, 0.1) is 6.04 Å². The van der Waals surface area contributed by atoms with Crippen molar-refractivity contribution in [3.63, 3.8) is 0 Å². The second kappa shape index (κ2) is 6.44. The third kappa shape index (κ3) is 3.01. The van der Waals surface area contributed by atoms with Crippen molar-refractivity contribution in [3.8, 4) is 0 Å². The van der Waals surface area contributed by atoms with Gasteiger partial charge in [-0.1, -0.05) is 30.7 Å². The summed E-state index contributed by atoms with van der Waals surface area (Å²) >= 11 is 6.00. The number of nitrogens with one attached hydrogen (secondary N) is 1. The molecule has 0 spiro atoms. The van der Waals surface area contributed by atoms with Gasteiger partial charge >= 0.3 is 0 Å². The Balaban J connectivity index is 2.33. The predicted molar refractivity (Wildman–Crippen MR) is 85.6 cm³/mol. The van der Waals surface area contributed by atoms with Crippen LogP contribution in [0.3, 0.4) is 0 Å². The molecule has 0 bridgehead atoms. The summed E-state index contributed by atoms with van der Waals surface area (Å²) in [6.45, 7) is 2.34. The zero-order valence-electron chi connectivity index (χ0n) is 12.7. The van der Waals surface area contributed by atoms with E-state index in [4.69, 9.17) is 17.4 Å². The van der Waals surface area contributed by atoms with Crippen LogP contribution in [0.5, 0.6) is 0 Å². The molecule has 0 amide bonds. The van der Waals surface area contributed by atoms with E-state index in [-0.39, 0.29) is 11.6 Å². The van der Waals surface area contributed by atoms with Crippen molar-refractivity contribution in [2.75, 3.05) is 14.1 Å². The van der Waals surface area contributed by atoms with Gasteiger partial charge in [-0.25, -0.2) is 0 Å². The Labute approximate surface area is 127 Å². The predicted octanol–water partition coefficient (Wildman–Crippen LogP) is 3.35. The summed E-state index contributed by atoms with van der Waals surface area (Å²) in [7, 11) is 4.33. The molecule has 1 aliphatic rings. The van der Waals surface area contributed by atoms with Crippen LogP contribution in [0.25, 0.3) is 0 Å². The van der Waals surface area contributed by atoms with Gasteiger partial charge in [0.25, 0.3) is 0 Å². The van der Waals surface area contributed by atoms with Crippen molar-refractivity contribution in [2.45, 2.75) is 44.2 Å². The fourth-order valence-electron chi connectivity index (χ4n) is 3.47. The molecule has 1 aromatic carbocycles. The smallest absolute Gasteiger partial charge is 0.0643 e. The standard InChI is InChI=1S/C16H26ClN3/c1-12-8-10-16(11-9-12,20(2)3)15(19-18)13-4-6-14(17)7-5-13/h4-7,12,15,19H,8-11,18H2,1-3H3. The van der Waals surface area contributed by atoms with Gasteiger partial charge in [-0.3, -0.25) is 11.3 Å². The molecule has 20 heavy (non-hydrogen) atoms.